The number of benzene rings is 1. The van der Waals surface area contributed by atoms with Gasteiger partial charge in [0.05, 0.1) is 5.01 Å². The summed E-state index contributed by atoms with van der Waals surface area (Å²) in [5.74, 6) is 0.652. The Balaban J connectivity index is 1.63. The molecule has 1 aliphatic heterocycles. The van der Waals surface area contributed by atoms with E-state index in [1.807, 2.05) is 40.7 Å². The standard InChI is InChI=1S/C15H15BrN2OS/c16-13-3-1-12(2-4-13)15(19)18-8-5-11(6-9-18)14-17-7-10-20-14/h1-4,7,10-11H,5-6,8-9H2. The van der Waals surface area contributed by atoms with Gasteiger partial charge in [-0.15, -0.1) is 11.3 Å². The summed E-state index contributed by atoms with van der Waals surface area (Å²) in [6.07, 6.45) is 3.88. The summed E-state index contributed by atoms with van der Waals surface area (Å²) >= 11 is 5.11. The van der Waals surface area contributed by atoms with E-state index in [1.165, 1.54) is 5.01 Å². The van der Waals surface area contributed by atoms with E-state index in [4.69, 9.17) is 0 Å². The number of thiazole rings is 1. The lowest BCUT2D eigenvalue weighted by Gasteiger charge is -2.31. The molecule has 104 valence electrons. The van der Waals surface area contributed by atoms with Crippen LogP contribution in [0.4, 0.5) is 0 Å². The number of piperidine rings is 1. The Labute approximate surface area is 130 Å². The lowest BCUT2D eigenvalue weighted by molar-refractivity contribution is 0.0713. The summed E-state index contributed by atoms with van der Waals surface area (Å²) in [7, 11) is 0. The largest absolute Gasteiger partial charge is 0.339 e. The third-order valence-corrected chi connectivity index (χ3v) is 5.14. The van der Waals surface area contributed by atoms with E-state index in [9.17, 15) is 4.79 Å². The highest BCUT2D eigenvalue weighted by atomic mass is 79.9. The molecule has 1 aromatic heterocycles. The van der Waals surface area contributed by atoms with Crippen molar-refractivity contribution >= 4 is 33.2 Å². The zero-order valence-electron chi connectivity index (χ0n) is 11.0. The number of rotatable bonds is 2. The fourth-order valence-corrected chi connectivity index (χ4v) is 3.62. The molecule has 1 amide bonds. The van der Waals surface area contributed by atoms with Crippen LogP contribution in [0.3, 0.4) is 0 Å². The van der Waals surface area contributed by atoms with Gasteiger partial charge in [-0.25, -0.2) is 4.98 Å². The first-order valence-electron chi connectivity index (χ1n) is 6.68. The molecule has 0 N–H and O–H groups in total. The molecule has 1 aliphatic rings. The van der Waals surface area contributed by atoms with Crippen LogP contribution in [0.15, 0.2) is 40.3 Å². The van der Waals surface area contributed by atoms with Crippen LogP contribution in [0, 0.1) is 0 Å². The predicted molar refractivity (Wildman–Crippen MR) is 84.1 cm³/mol. The molecule has 1 fully saturated rings. The van der Waals surface area contributed by atoms with Gasteiger partial charge in [-0.2, -0.15) is 0 Å². The van der Waals surface area contributed by atoms with Crippen molar-refractivity contribution in [2.24, 2.45) is 0 Å². The molecule has 0 saturated carbocycles. The summed E-state index contributed by atoms with van der Waals surface area (Å²) in [5.41, 5.74) is 0.765. The Morgan fingerprint density at radius 2 is 1.95 bits per heavy atom. The molecule has 0 bridgehead atoms. The molecule has 2 aromatic rings. The van der Waals surface area contributed by atoms with Gasteiger partial charge in [0.15, 0.2) is 0 Å². The molecule has 0 atom stereocenters. The maximum absolute atomic E-state index is 12.4. The molecular weight excluding hydrogens is 336 g/mol. The monoisotopic (exact) mass is 350 g/mol. The van der Waals surface area contributed by atoms with Crippen molar-refractivity contribution in [3.05, 3.63) is 50.9 Å². The van der Waals surface area contributed by atoms with E-state index in [0.717, 1.165) is 36.0 Å². The maximum atomic E-state index is 12.4. The summed E-state index contributed by atoms with van der Waals surface area (Å²) in [6.45, 7) is 1.64. The van der Waals surface area contributed by atoms with E-state index in [2.05, 4.69) is 20.9 Å². The predicted octanol–water partition coefficient (Wildman–Crippen LogP) is 3.93. The van der Waals surface area contributed by atoms with Crippen molar-refractivity contribution in [1.29, 1.82) is 0 Å². The van der Waals surface area contributed by atoms with Crippen LogP contribution in [0.5, 0.6) is 0 Å². The Kier molecular flexibility index (Phi) is 4.17. The molecule has 20 heavy (non-hydrogen) atoms. The topological polar surface area (TPSA) is 33.2 Å². The van der Waals surface area contributed by atoms with Gasteiger partial charge >= 0.3 is 0 Å². The first-order valence-corrected chi connectivity index (χ1v) is 8.35. The molecular formula is C15H15BrN2OS. The van der Waals surface area contributed by atoms with Crippen LogP contribution in [-0.2, 0) is 0 Å². The Hall–Kier alpha value is -1.20. The summed E-state index contributed by atoms with van der Waals surface area (Å²) in [6, 6.07) is 7.57. The maximum Gasteiger partial charge on any atom is 0.253 e. The van der Waals surface area contributed by atoms with Crippen LogP contribution in [0.1, 0.15) is 34.1 Å². The number of halogens is 1. The second-order valence-electron chi connectivity index (χ2n) is 4.94. The summed E-state index contributed by atoms with van der Waals surface area (Å²) in [5, 5.41) is 3.23. The van der Waals surface area contributed by atoms with Crippen LogP contribution in [0.2, 0.25) is 0 Å². The number of hydrogen-bond acceptors (Lipinski definition) is 3. The second-order valence-corrected chi connectivity index (χ2v) is 6.79. The SMILES string of the molecule is O=C(c1ccc(Br)cc1)N1CCC(c2nccs2)CC1. The van der Waals surface area contributed by atoms with Crippen molar-refractivity contribution in [2.45, 2.75) is 18.8 Å². The highest BCUT2D eigenvalue weighted by Gasteiger charge is 2.25. The third kappa shape index (κ3) is 2.94. The first-order chi connectivity index (χ1) is 9.74. The molecule has 0 aliphatic carbocycles. The zero-order valence-corrected chi connectivity index (χ0v) is 13.4. The zero-order chi connectivity index (χ0) is 13.9. The fourth-order valence-electron chi connectivity index (χ4n) is 2.54. The minimum atomic E-state index is 0.134. The van der Waals surface area contributed by atoms with Crippen LogP contribution in [-0.4, -0.2) is 28.9 Å². The van der Waals surface area contributed by atoms with Gasteiger partial charge in [-0.05, 0) is 37.1 Å². The van der Waals surface area contributed by atoms with Crippen molar-refractivity contribution in [2.75, 3.05) is 13.1 Å². The van der Waals surface area contributed by atoms with E-state index in [1.54, 1.807) is 11.3 Å². The van der Waals surface area contributed by atoms with Crippen molar-refractivity contribution < 1.29 is 4.79 Å². The molecule has 3 rings (SSSR count). The lowest BCUT2D eigenvalue weighted by atomic mass is 9.97. The van der Waals surface area contributed by atoms with E-state index in [0.29, 0.717) is 5.92 Å². The number of carbonyl (C=O) groups excluding carboxylic acids is 1. The normalized spacial score (nSPS) is 16.4. The quantitative estimate of drug-likeness (QED) is 0.822. The van der Waals surface area contributed by atoms with E-state index < -0.39 is 0 Å². The van der Waals surface area contributed by atoms with Gasteiger partial charge in [-0.3, -0.25) is 4.79 Å². The minimum absolute atomic E-state index is 0.134. The number of carbonyl (C=O) groups is 1. The third-order valence-electron chi connectivity index (χ3n) is 3.67. The number of likely N-dealkylation sites (tertiary alicyclic amines) is 1. The minimum Gasteiger partial charge on any atom is -0.339 e. The van der Waals surface area contributed by atoms with E-state index in [-0.39, 0.29) is 5.91 Å². The van der Waals surface area contributed by atoms with Gasteiger partial charge in [0.25, 0.3) is 5.91 Å². The Bertz CT molecular complexity index is 574. The van der Waals surface area contributed by atoms with Crippen molar-refractivity contribution in [1.82, 2.24) is 9.88 Å². The Morgan fingerprint density at radius 3 is 2.55 bits per heavy atom. The highest BCUT2D eigenvalue weighted by molar-refractivity contribution is 9.10. The second kappa shape index (κ2) is 6.06. The van der Waals surface area contributed by atoms with Gasteiger partial charge in [-0.1, -0.05) is 15.9 Å². The molecule has 2 heterocycles. The van der Waals surface area contributed by atoms with Crippen molar-refractivity contribution in [3.63, 3.8) is 0 Å². The van der Waals surface area contributed by atoms with Gasteiger partial charge in [0, 0.05) is 40.6 Å². The number of aromatic nitrogens is 1. The first kappa shape index (κ1) is 13.8. The van der Waals surface area contributed by atoms with Gasteiger partial charge < -0.3 is 4.90 Å². The Morgan fingerprint density at radius 1 is 1.25 bits per heavy atom. The summed E-state index contributed by atoms with van der Waals surface area (Å²) < 4.78 is 0.997. The summed E-state index contributed by atoms with van der Waals surface area (Å²) in [4.78, 5) is 18.7. The molecule has 0 spiro atoms. The average Bonchev–Trinajstić information content (AvgIpc) is 3.02. The molecule has 0 radical (unpaired) electrons. The average molecular weight is 351 g/mol. The fraction of sp³-hybridized carbons (Fsp3) is 0.333. The highest BCUT2D eigenvalue weighted by Crippen LogP contribution is 2.29. The molecule has 3 nitrogen and oxygen atoms in total. The number of nitrogens with zero attached hydrogens (tertiary/aromatic N) is 2. The van der Waals surface area contributed by atoms with Crippen LogP contribution < -0.4 is 0 Å². The van der Waals surface area contributed by atoms with E-state index >= 15 is 0 Å². The molecule has 5 heteroatoms. The molecule has 1 saturated heterocycles. The smallest absolute Gasteiger partial charge is 0.253 e. The molecule has 0 unspecified atom stereocenters. The van der Waals surface area contributed by atoms with Crippen LogP contribution >= 0.6 is 27.3 Å². The number of amides is 1. The van der Waals surface area contributed by atoms with Gasteiger partial charge in [0.2, 0.25) is 0 Å². The number of hydrogen-bond donors (Lipinski definition) is 0. The van der Waals surface area contributed by atoms with Gasteiger partial charge in [0.1, 0.15) is 0 Å². The van der Waals surface area contributed by atoms with Crippen molar-refractivity contribution in [3.8, 4) is 0 Å². The lowest BCUT2D eigenvalue weighted by Crippen LogP contribution is -2.37. The molecule has 1 aromatic carbocycles. The van der Waals surface area contributed by atoms with Crippen LogP contribution in [0.25, 0.3) is 0 Å².